The van der Waals surface area contributed by atoms with E-state index in [9.17, 15) is 0 Å². The Hall–Kier alpha value is -15.9. The van der Waals surface area contributed by atoms with Crippen molar-refractivity contribution in [3.05, 3.63) is 508 Å². The lowest BCUT2D eigenvalue weighted by atomic mass is 9.70. The second-order valence-electron chi connectivity index (χ2n) is 31.4. The molecule has 1 spiro atoms. The predicted molar refractivity (Wildman–Crippen MR) is 509 cm³/mol. The van der Waals surface area contributed by atoms with Crippen LogP contribution >= 0.6 is 0 Å². The Morgan fingerprint density at radius 2 is 0.405 bits per heavy atom. The first-order chi connectivity index (χ1) is 60.0. The van der Waals surface area contributed by atoms with Gasteiger partial charge < -0.3 is 19.6 Å². The summed E-state index contributed by atoms with van der Waals surface area (Å²) >= 11 is 0. The minimum absolute atomic E-state index is 0.643. The fourth-order valence-corrected chi connectivity index (χ4v) is 19.0. The normalized spacial score (nSPS) is 12.0. The van der Waals surface area contributed by atoms with Crippen LogP contribution in [0.15, 0.2) is 485 Å². The smallest absolute Gasteiger partial charge is 0.0727 e. The molecule has 121 heavy (non-hydrogen) atoms. The van der Waals surface area contributed by atoms with Crippen molar-refractivity contribution in [1.29, 1.82) is 0 Å². The molecule has 0 aromatic heterocycles. The van der Waals surface area contributed by atoms with E-state index in [1.54, 1.807) is 0 Å². The monoisotopic (exact) mass is 1540 g/mol. The zero-order valence-corrected chi connectivity index (χ0v) is 66.5. The molecule has 0 bridgehead atoms. The fraction of sp³-hybridized carbons (Fsp3) is 0.00855. The van der Waals surface area contributed by atoms with Gasteiger partial charge >= 0.3 is 0 Å². The Labute approximate surface area is 706 Å². The van der Waals surface area contributed by atoms with Crippen LogP contribution in [-0.4, -0.2) is 0 Å². The molecule has 0 fully saturated rings. The average molecular weight is 1540 g/mol. The van der Waals surface area contributed by atoms with Crippen molar-refractivity contribution in [2.45, 2.75) is 5.41 Å². The summed E-state index contributed by atoms with van der Waals surface area (Å²) in [5.74, 6) is 0. The van der Waals surface area contributed by atoms with Gasteiger partial charge in [0.2, 0.25) is 0 Å². The molecule has 0 radical (unpaired) electrons. The number of fused-ring (bicyclic) bond motifs is 12. The second-order valence-corrected chi connectivity index (χ2v) is 31.4. The third-order valence-corrected chi connectivity index (χ3v) is 24.7. The number of hydrogen-bond donors (Lipinski definition) is 0. The Bertz CT molecular complexity index is 7070. The van der Waals surface area contributed by atoms with Gasteiger partial charge in [-0.2, -0.15) is 0 Å². The molecule has 2 aliphatic carbocycles. The summed E-state index contributed by atoms with van der Waals surface area (Å²) in [6.45, 7) is 0. The molecule has 0 N–H and O–H groups in total. The third-order valence-electron chi connectivity index (χ3n) is 24.7. The summed E-state index contributed by atoms with van der Waals surface area (Å²) in [5.41, 5.74) is 36.6. The number of anilines is 12. The van der Waals surface area contributed by atoms with E-state index in [2.05, 4.69) is 505 Å². The van der Waals surface area contributed by atoms with Crippen molar-refractivity contribution in [3.8, 4) is 89.0 Å². The van der Waals surface area contributed by atoms with Gasteiger partial charge in [0.05, 0.1) is 16.8 Å². The van der Waals surface area contributed by atoms with Gasteiger partial charge in [-0.1, -0.05) is 346 Å². The van der Waals surface area contributed by atoms with Crippen LogP contribution < -0.4 is 19.6 Å². The Balaban J connectivity index is 0.561. The lowest BCUT2D eigenvalue weighted by Gasteiger charge is -2.33. The van der Waals surface area contributed by atoms with Crippen molar-refractivity contribution in [2.75, 3.05) is 19.6 Å². The topological polar surface area (TPSA) is 13.0 Å². The summed E-state index contributed by atoms with van der Waals surface area (Å²) in [6.07, 6.45) is 0. The molecule has 0 amide bonds. The van der Waals surface area contributed by atoms with Crippen LogP contribution in [0, 0.1) is 0 Å². The van der Waals surface area contributed by atoms with Gasteiger partial charge in [0, 0.05) is 67.6 Å². The number of hydrogen-bond acceptors (Lipinski definition) is 4. The van der Waals surface area contributed by atoms with E-state index in [1.807, 2.05) is 0 Å². The molecule has 0 saturated carbocycles. The molecule has 0 heterocycles. The van der Waals surface area contributed by atoms with Crippen LogP contribution in [0.25, 0.3) is 111 Å². The summed E-state index contributed by atoms with van der Waals surface area (Å²) in [4.78, 5) is 9.62. The average Bonchev–Trinajstić information content (AvgIpc) is 1.50. The first kappa shape index (κ1) is 71.6. The minimum atomic E-state index is -0.643. The van der Waals surface area contributed by atoms with E-state index >= 15 is 0 Å². The standard InChI is InChI=1S/C117H80N4/c1-6-26-81(27-7-1)84-52-62-97(63-53-84)119(98-64-54-85(55-65-98)82-28-8-2-9-29-82)102-73-75-109-108-74-72-101(79-113(108)117(114(109)80-102)111-45-22-20-42-106(111)107-43-21-23-46-112(107)117)118(93-34-10-3-11-35-93)96-66-56-86(57-67-96)83-48-50-89(51-49-83)91-32-24-33-92(78-91)103-76-77-116(110-44-19-18-41-105(103)110)121(95-38-14-5-15-39-95)100-70-60-88(61-71-100)87-58-68-99(69-59-87)120(94-36-12-4-13-37-94)115-47-25-31-90-30-16-17-40-104(90)115/h1-80H. The van der Waals surface area contributed by atoms with Crippen molar-refractivity contribution in [1.82, 2.24) is 0 Å². The maximum Gasteiger partial charge on any atom is 0.0727 e. The van der Waals surface area contributed by atoms with E-state index in [0.29, 0.717) is 0 Å². The van der Waals surface area contributed by atoms with Gasteiger partial charge in [-0.25, -0.2) is 0 Å². The minimum Gasteiger partial charge on any atom is -0.310 e. The summed E-state index contributed by atoms with van der Waals surface area (Å²) < 4.78 is 0. The Morgan fingerprint density at radius 3 is 0.851 bits per heavy atom. The maximum atomic E-state index is 2.50. The highest BCUT2D eigenvalue weighted by molar-refractivity contribution is 6.07. The molecule has 0 unspecified atom stereocenters. The van der Waals surface area contributed by atoms with Crippen LogP contribution in [0.1, 0.15) is 22.3 Å². The molecule has 2 aliphatic rings. The molecule has 4 heteroatoms. The molecule has 20 aromatic carbocycles. The quantitative estimate of drug-likeness (QED) is 0.0849. The molecule has 20 aromatic rings. The largest absolute Gasteiger partial charge is 0.310 e. The van der Waals surface area contributed by atoms with E-state index in [-0.39, 0.29) is 0 Å². The fourth-order valence-electron chi connectivity index (χ4n) is 19.0. The van der Waals surface area contributed by atoms with Crippen molar-refractivity contribution >= 4 is 89.8 Å². The number of benzene rings is 20. The maximum absolute atomic E-state index is 2.50. The molecule has 0 atom stereocenters. The predicted octanol–water partition coefficient (Wildman–Crippen LogP) is 32.2. The van der Waals surface area contributed by atoms with E-state index in [1.165, 1.54) is 93.9 Å². The SMILES string of the molecule is c1ccc(-c2ccc(N(c3ccc(-c4ccccc4)cc3)c3ccc4c(c3)C3(c5ccccc5-c5ccccc53)c3cc(N(c5ccccc5)c5ccc(-c6ccc(-c7cccc(-c8ccc(N(c9ccccc9)c9ccc(-c%10ccc(N(c%11ccccc%11)c%11cccc%12ccccc%11%12)cc%10)cc9)c9ccccc89)c7)cc6)cc5)ccc3-4)cc2)cc1. The molecule has 22 rings (SSSR count). The highest BCUT2D eigenvalue weighted by Crippen LogP contribution is 2.64. The van der Waals surface area contributed by atoms with Gasteiger partial charge in [-0.05, 0) is 262 Å². The second kappa shape index (κ2) is 30.6. The van der Waals surface area contributed by atoms with Crippen LogP contribution in [-0.2, 0) is 5.41 Å². The first-order valence-corrected chi connectivity index (χ1v) is 41.7. The summed E-state index contributed by atoms with van der Waals surface area (Å²) in [6, 6.07) is 178. The van der Waals surface area contributed by atoms with Gasteiger partial charge in [-0.15, -0.1) is 0 Å². The van der Waals surface area contributed by atoms with E-state index < -0.39 is 5.41 Å². The highest BCUT2D eigenvalue weighted by Gasteiger charge is 2.52. The molecule has 0 saturated heterocycles. The number of para-hydroxylation sites is 3. The van der Waals surface area contributed by atoms with Crippen LogP contribution in [0.2, 0.25) is 0 Å². The third kappa shape index (κ3) is 12.8. The Morgan fingerprint density at radius 1 is 0.132 bits per heavy atom. The molecule has 568 valence electrons. The van der Waals surface area contributed by atoms with Gasteiger partial charge in [0.1, 0.15) is 0 Å². The molecular weight excluding hydrogens is 1460 g/mol. The van der Waals surface area contributed by atoms with Gasteiger partial charge in [0.15, 0.2) is 0 Å². The van der Waals surface area contributed by atoms with Crippen molar-refractivity contribution in [2.24, 2.45) is 0 Å². The lowest BCUT2D eigenvalue weighted by molar-refractivity contribution is 0.793. The lowest BCUT2D eigenvalue weighted by Crippen LogP contribution is -2.26. The zero-order valence-electron chi connectivity index (χ0n) is 66.5. The van der Waals surface area contributed by atoms with Crippen LogP contribution in [0.3, 0.4) is 0 Å². The number of nitrogens with zero attached hydrogens (tertiary/aromatic N) is 4. The van der Waals surface area contributed by atoms with Crippen molar-refractivity contribution in [3.63, 3.8) is 0 Å². The van der Waals surface area contributed by atoms with Gasteiger partial charge in [0.25, 0.3) is 0 Å². The molecule has 4 nitrogen and oxygen atoms in total. The van der Waals surface area contributed by atoms with Crippen molar-refractivity contribution < 1.29 is 0 Å². The van der Waals surface area contributed by atoms with Crippen LogP contribution in [0.5, 0.6) is 0 Å². The number of rotatable bonds is 18. The molecule has 0 aliphatic heterocycles. The zero-order chi connectivity index (χ0) is 80.2. The molecular formula is C117H80N4. The first-order valence-electron chi connectivity index (χ1n) is 41.7. The van der Waals surface area contributed by atoms with Crippen LogP contribution in [0.4, 0.5) is 68.2 Å². The Kier molecular flexibility index (Phi) is 18.1. The summed E-state index contributed by atoms with van der Waals surface area (Å²) in [5, 5.41) is 4.77. The summed E-state index contributed by atoms with van der Waals surface area (Å²) in [7, 11) is 0. The van der Waals surface area contributed by atoms with E-state index in [4.69, 9.17) is 0 Å². The van der Waals surface area contributed by atoms with E-state index in [0.717, 1.165) is 107 Å². The highest BCUT2D eigenvalue weighted by atomic mass is 15.2. The van der Waals surface area contributed by atoms with Gasteiger partial charge in [-0.3, -0.25) is 0 Å².